The molecule has 2 heteroatoms. The van der Waals surface area contributed by atoms with Crippen LogP contribution in [0.4, 0.5) is 0 Å². The molecule has 1 aromatic rings. The summed E-state index contributed by atoms with van der Waals surface area (Å²) in [5.74, 6) is 1.10. The van der Waals surface area contributed by atoms with Crippen LogP contribution in [-0.2, 0) is 0 Å². The minimum atomic E-state index is -0.286. The van der Waals surface area contributed by atoms with Crippen LogP contribution in [0.25, 0.3) is 0 Å². The quantitative estimate of drug-likeness (QED) is 0.358. The van der Waals surface area contributed by atoms with Gasteiger partial charge in [-0.25, -0.2) is 0 Å². The van der Waals surface area contributed by atoms with E-state index in [0.717, 1.165) is 24.2 Å². The van der Waals surface area contributed by atoms with Crippen molar-refractivity contribution < 1.29 is 5.11 Å². The zero-order valence-corrected chi connectivity index (χ0v) is 14.6. The van der Waals surface area contributed by atoms with E-state index >= 15 is 0 Å². The van der Waals surface area contributed by atoms with Crippen molar-refractivity contribution in [2.45, 2.75) is 82.6 Å². The fourth-order valence-electron chi connectivity index (χ4n) is 2.59. The minimum absolute atomic E-state index is 0.286. The van der Waals surface area contributed by atoms with Gasteiger partial charge in [0.15, 0.2) is 0 Å². The maximum absolute atomic E-state index is 10.2. The minimum Gasteiger partial charge on any atom is -0.388 e. The standard InChI is InChI=1S/C19H32OS/c1-3-5-6-7-8-9-10-11-12-19(20)17-13-15-18(16-14-17)21-4-2/h13-16,19-20H,3-12H2,1-2H3. The van der Waals surface area contributed by atoms with Gasteiger partial charge in [-0.05, 0) is 29.9 Å². The molecule has 0 amide bonds. The first kappa shape index (κ1) is 18.6. The highest BCUT2D eigenvalue weighted by atomic mass is 32.2. The van der Waals surface area contributed by atoms with Crippen molar-refractivity contribution in [2.24, 2.45) is 0 Å². The van der Waals surface area contributed by atoms with E-state index < -0.39 is 0 Å². The van der Waals surface area contributed by atoms with Crippen LogP contribution in [0.2, 0.25) is 0 Å². The molecule has 1 aromatic carbocycles. The molecule has 0 heterocycles. The lowest BCUT2D eigenvalue weighted by atomic mass is 10.0. The summed E-state index contributed by atoms with van der Waals surface area (Å²) in [6.45, 7) is 4.42. The van der Waals surface area contributed by atoms with Gasteiger partial charge in [0, 0.05) is 4.90 Å². The number of hydrogen-bond donors (Lipinski definition) is 1. The third kappa shape index (κ3) is 8.53. The van der Waals surface area contributed by atoms with Gasteiger partial charge >= 0.3 is 0 Å². The summed E-state index contributed by atoms with van der Waals surface area (Å²) in [5, 5.41) is 10.2. The van der Waals surface area contributed by atoms with Gasteiger partial charge in [0.2, 0.25) is 0 Å². The lowest BCUT2D eigenvalue weighted by Crippen LogP contribution is -1.97. The van der Waals surface area contributed by atoms with Gasteiger partial charge in [-0.1, -0.05) is 77.3 Å². The maximum atomic E-state index is 10.2. The molecule has 1 rings (SSSR count). The summed E-state index contributed by atoms with van der Waals surface area (Å²) in [6.07, 6.45) is 11.2. The first-order chi connectivity index (χ1) is 10.3. The number of unbranched alkanes of at least 4 members (excludes halogenated alkanes) is 7. The van der Waals surface area contributed by atoms with Crippen LogP contribution in [-0.4, -0.2) is 10.9 Å². The summed E-state index contributed by atoms with van der Waals surface area (Å²) in [4.78, 5) is 1.29. The Hall–Kier alpha value is -0.470. The SMILES string of the molecule is CCCCCCCCCCC(O)c1ccc(SCC)cc1. The van der Waals surface area contributed by atoms with E-state index in [1.54, 1.807) is 0 Å². The van der Waals surface area contributed by atoms with Gasteiger partial charge in [0.05, 0.1) is 6.10 Å². The van der Waals surface area contributed by atoms with Crippen LogP contribution < -0.4 is 0 Å². The zero-order valence-electron chi connectivity index (χ0n) is 13.8. The number of hydrogen-bond acceptors (Lipinski definition) is 2. The second kappa shape index (κ2) is 12.1. The van der Waals surface area contributed by atoms with Crippen LogP contribution in [0.1, 0.15) is 83.3 Å². The molecule has 0 aliphatic carbocycles. The Labute approximate surface area is 135 Å². The molecule has 0 fully saturated rings. The number of aliphatic hydroxyl groups is 1. The highest BCUT2D eigenvalue weighted by Gasteiger charge is 2.07. The molecule has 0 spiro atoms. The van der Waals surface area contributed by atoms with Crippen LogP contribution in [0.3, 0.4) is 0 Å². The van der Waals surface area contributed by atoms with Crippen molar-refractivity contribution in [3.63, 3.8) is 0 Å². The normalized spacial score (nSPS) is 12.5. The summed E-state index contributed by atoms with van der Waals surface area (Å²) in [7, 11) is 0. The second-order valence-electron chi connectivity index (χ2n) is 5.78. The van der Waals surface area contributed by atoms with E-state index in [0.29, 0.717) is 0 Å². The lowest BCUT2D eigenvalue weighted by Gasteiger charge is -2.11. The number of rotatable bonds is 12. The predicted octanol–water partition coefficient (Wildman–Crippen LogP) is 6.36. The van der Waals surface area contributed by atoms with E-state index in [4.69, 9.17) is 0 Å². The lowest BCUT2D eigenvalue weighted by molar-refractivity contribution is 0.163. The Morgan fingerprint density at radius 2 is 1.43 bits per heavy atom. The van der Waals surface area contributed by atoms with E-state index in [9.17, 15) is 5.11 Å². The fraction of sp³-hybridized carbons (Fsp3) is 0.684. The van der Waals surface area contributed by atoms with Gasteiger partial charge in [-0.15, -0.1) is 11.8 Å². The highest BCUT2D eigenvalue weighted by molar-refractivity contribution is 7.99. The third-order valence-electron chi connectivity index (χ3n) is 3.91. The Bertz CT molecular complexity index is 347. The number of aliphatic hydroxyl groups excluding tert-OH is 1. The molecule has 1 nitrogen and oxygen atoms in total. The molecule has 0 bridgehead atoms. The van der Waals surface area contributed by atoms with Crippen molar-refractivity contribution in [1.82, 2.24) is 0 Å². The van der Waals surface area contributed by atoms with Crippen molar-refractivity contribution in [1.29, 1.82) is 0 Å². The van der Waals surface area contributed by atoms with Crippen molar-refractivity contribution in [2.75, 3.05) is 5.75 Å². The van der Waals surface area contributed by atoms with E-state index in [2.05, 4.69) is 38.1 Å². The average Bonchev–Trinajstić information content (AvgIpc) is 2.51. The van der Waals surface area contributed by atoms with Crippen LogP contribution in [0, 0.1) is 0 Å². The highest BCUT2D eigenvalue weighted by Crippen LogP contribution is 2.24. The molecule has 0 saturated heterocycles. The molecule has 0 aliphatic heterocycles. The van der Waals surface area contributed by atoms with Crippen LogP contribution in [0.5, 0.6) is 0 Å². The van der Waals surface area contributed by atoms with E-state index in [1.165, 1.54) is 49.8 Å². The molecular weight excluding hydrogens is 276 g/mol. The molecule has 0 saturated carbocycles. The second-order valence-corrected chi connectivity index (χ2v) is 7.12. The number of thioether (sulfide) groups is 1. The van der Waals surface area contributed by atoms with Gasteiger partial charge in [-0.2, -0.15) is 0 Å². The Morgan fingerprint density at radius 1 is 0.857 bits per heavy atom. The van der Waals surface area contributed by atoms with Crippen molar-refractivity contribution in [3.05, 3.63) is 29.8 Å². The molecule has 1 N–H and O–H groups in total. The largest absolute Gasteiger partial charge is 0.388 e. The fourth-order valence-corrected chi connectivity index (χ4v) is 3.25. The Kier molecular flexibility index (Phi) is 10.7. The summed E-state index contributed by atoms with van der Waals surface area (Å²) >= 11 is 1.85. The monoisotopic (exact) mass is 308 g/mol. The Balaban J connectivity index is 2.11. The van der Waals surface area contributed by atoms with E-state index in [-0.39, 0.29) is 6.10 Å². The van der Waals surface area contributed by atoms with Gasteiger partial charge < -0.3 is 5.11 Å². The topological polar surface area (TPSA) is 20.2 Å². The first-order valence-electron chi connectivity index (χ1n) is 8.68. The molecule has 1 atom stereocenters. The summed E-state index contributed by atoms with van der Waals surface area (Å²) in [6, 6.07) is 8.40. The van der Waals surface area contributed by atoms with Crippen LogP contribution in [0.15, 0.2) is 29.2 Å². The van der Waals surface area contributed by atoms with Gasteiger partial charge in [0.1, 0.15) is 0 Å². The summed E-state index contributed by atoms with van der Waals surface area (Å²) in [5.41, 5.74) is 1.07. The molecule has 0 aromatic heterocycles. The maximum Gasteiger partial charge on any atom is 0.0790 e. The Morgan fingerprint density at radius 3 is 2.00 bits per heavy atom. The molecule has 21 heavy (non-hydrogen) atoms. The zero-order chi connectivity index (χ0) is 15.3. The molecule has 0 aliphatic rings. The molecule has 1 unspecified atom stereocenters. The van der Waals surface area contributed by atoms with E-state index in [1.807, 2.05) is 11.8 Å². The first-order valence-corrected chi connectivity index (χ1v) is 9.67. The predicted molar refractivity (Wildman–Crippen MR) is 95.0 cm³/mol. The average molecular weight is 309 g/mol. The van der Waals surface area contributed by atoms with Crippen molar-refractivity contribution in [3.8, 4) is 0 Å². The molecule has 120 valence electrons. The van der Waals surface area contributed by atoms with Crippen LogP contribution >= 0.6 is 11.8 Å². The summed E-state index contributed by atoms with van der Waals surface area (Å²) < 4.78 is 0. The third-order valence-corrected chi connectivity index (χ3v) is 4.80. The van der Waals surface area contributed by atoms with Crippen molar-refractivity contribution >= 4 is 11.8 Å². The molecular formula is C19H32OS. The van der Waals surface area contributed by atoms with Gasteiger partial charge in [0.25, 0.3) is 0 Å². The van der Waals surface area contributed by atoms with Gasteiger partial charge in [-0.3, -0.25) is 0 Å². The molecule has 0 radical (unpaired) electrons. The smallest absolute Gasteiger partial charge is 0.0790 e. The number of benzene rings is 1.